The Hall–Kier alpha value is -1.09. The van der Waals surface area contributed by atoms with Crippen LogP contribution in [-0.4, -0.2) is 0 Å². The van der Waals surface area contributed by atoms with Crippen LogP contribution in [0.1, 0.15) is 17.2 Å². The molecular weight excluding hydrogens is 272 g/mol. The van der Waals surface area contributed by atoms with E-state index in [1.54, 1.807) is 24.3 Å². The molecule has 2 aromatic rings. The number of halogens is 3. The summed E-state index contributed by atoms with van der Waals surface area (Å²) in [5.41, 5.74) is 7.90. The van der Waals surface area contributed by atoms with Gasteiger partial charge in [0.25, 0.3) is 0 Å². The van der Waals surface area contributed by atoms with E-state index in [4.69, 9.17) is 28.9 Å². The third kappa shape index (κ3) is 3.22. The Kier molecular flexibility index (Phi) is 4.23. The van der Waals surface area contributed by atoms with E-state index < -0.39 is 0 Å². The van der Waals surface area contributed by atoms with Crippen LogP contribution in [0.3, 0.4) is 0 Å². The van der Waals surface area contributed by atoms with E-state index in [-0.39, 0.29) is 11.9 Å². The highest BCUT2D eigenvalue weighted by atomic mass is 35.5. The Morgan fingerprint density at radius 2 is 1.72 bits per heavy atom. The van der Waals surface area contributed by atoms with E-state index >= 15 is 0 Å². The molecular formula is C14H12Cl2FN. The zero-order valence-electron chi connectivity index (χ0n) is 9.54. The monoisotopic (exact) mass is 283 g/mol. The third-order valence-electron chi connectivity index (χ3n) is 2.73. The van der Waals surface area contributed by atoms with Crippen LogP contribution in [0.4, 0.5) is 4.39 Å². The SMILES string of the molecule is NC(Cc1ccc(F)cc1)c1ccc(Cl)cc1Cl. The Bertz CT molecular complexity index is 540. The molecule has 18 heavy (non-hydrogen) atoms. The number of benzene rings is 2. The summed E-state index contributed by atoms with van der Waals surface area (Å²) in [6, 6.07) is 11.3. The van der Waals surface area contributed by atoms with Gasteiger partial charge in [-0.25, -0.2) is 4.39 Å². The molecule has 0 saturated heterocycles. The van der Waals surface area contributed by atoms with E-state index in [1.165, 1.54) is 12.1 Å². The van der Waals surface area contributed by atoms with Gasteiger partial charge >= 0.3 is 0 Å². The fourth-order valence-corrected chi connectivity index (χ4v) is 2.34. The highest BCUT2D eigenvalue weighted by Gasteiger charge is 2.11. The first-order chi connectivity index (χ1) is 8.56. The van der Waals surface area contributed by atoms with Gasteiger partial charge in [-0.05, 0) is 41.8 Å². The molecule has 0 saturated carbocycles. The van der Waals surface area contributed by atoms with Crippen molar-refractivity contribution in [2.75, 3.05) is 0 Å². The van der Waals surface area contributed by atoms with Crippen molar-refractivity contribution in [2.24, 2.45) is 5.73 Å². The largest absolute Gasteiger partial charge is 0.324 e. The summed E-state index contributed by atoms with van der Waals surface area (Å²) in [4.78, 5) is 0. The van der Waals surface area contributed by atoms with Crippen LogP contribution in [0, 0.1) is 5.82 Å². The average molecular weight is 284 g/mol. The van der Waals surface area contributed by atoms with Gasteiger partial charge in [0, 0.05) is 16.1 Å². The second kappa shape index (κ2) is 5.70. The number of hydrogen-bond donors (Lipinski definition) is 1. The molecule has 2 aromatic carbocycles. The normalized spacial score (nSPS) is 12.4. The van der Waals surface area contributed by atoms with Crippen LogP contribution in [0.5, 0.6) is 0 Å². The minimum absolute atomic E-state index is 0.236. The molecule has 0 bridgehead atoms. The third-order valence-corrected chi connectivity index (χ3v) is 3.29. The lowest BCUT2D eigenvalue weighted by molar-refractivity contribution is 0.625. The van der Waals surface area contributed by atoms with Crippen molar-refractivity contribution < 1.29 is 4.39 Å². The molecule has 1 nitrogen and oxygen atoms in total. The Morgan fingerprint density at radius 3 is 2.33 bits per heavy atom. The molecule has 4 heteroatoms. The molecule has 0 radical (unpaired) electrons. The van der Waals surface area contributed by atoms with E-state index in [9.17, 15) is 4.39 Å². The van der Waals surface area contributed by atoms with Crippen molar-refractivity contribution in [1.29, 1.82) is 0 Å². The summed E-state index contributed by atoms with van der Waals surface area (Å²) in [7, 11) is 0. The predicted molar refractivity (Wildman–Crippen MR) is 73.5 cm³/mol. The van der Waals surface area contributed by atoms with Gasteiger partial charge in [0.2, 0.25) is 0 Å². The van der Waals surface area contributed by atoms with Crippen LogP contribution < -0.4 is 5.73 Å². The van der Waals surface area contributed by atoms with Crippen LogP contribution in [0.2, 0.25) is 10.0 Å². The molecule has 0 amide bonds. The van der Waals surface area contributed by atoms with Gasteiger partial charge in [0.05, 0.1) is 0 Å². The summed E-state index contributed by atoms with van der Waals surface area (Å²) in [6.07, 6.45) is 0.599. The Balaban J connectivity index is 2.16. The maximum absolute atomic E-state index is 12.8. The van der Waals surface area contributed by atoms with Gasteiger partial charge in [-0.3, -0.25) is 0 Å². The first-order valence-corrected chi connectivity index (χ1v) is 6.27. The molecule has 2 N–H and O–H groups in total. The first-order valence-electron chi connectivity index (χ1n) is 5.51. The second-order valence-corrected chi connectivity index (χ2v) is 4.95. The Labute approximate surface area is 115 Å². The summed E-state index contributed by atoms with van der Waals surface area (Å²) in [5, 5.41) is 1.13. The van der Waals surface area contributed by atoms with E-state index in [2.05, 4.69) is 0 Å². The van der Waals surface area contributed by atoms with E-state index in [0.717, 1.165) is 11.1 Å². The van der Waals surface area contributed by atoms with Crippen molar-refractivity contribution in [3.05, 3.63) is 69.5 Å². The second-order valence-electron chi connectivity index (χ2n) is 4.10. The Morgan fingerprint density at radius 1 is 1.06 bits per heavy atom. The molecule has 0 aliphatic heterocycles. The van der Waals surface area contributed by atoms with Gasteiger partial charge in [0.15, 0.2) is 0 Å². The van der Waals surface area contributed by atoms with Crippen molar-refractivity contribution in [2.45, 2.75) is 12.5 Å². The van der Waals surface area contributed by atoms with Crippen molar-refractivity contribution in [3.8, 4) is 0 Å². The van der Waals surface area contributed by atoms with Gasteiger partial charge in [0.1, 0.15) is 5.82 Å². The standard InChI is InChI=1S/C14H12Cl2FN/c15-10-3-6-12(13(16)8-10)14(18)7-9-1-4-11(17)5-2-9/h1-6,8,14H,7,18H2. The van der Waals surface area contributed by atoms with Gasteiger partial charge < -0.3 is 5.73 Å². The number of rotatable bonds is 3. The summed E-state index contributed by atoms with van der Waals surface area (Å²) in [5.74, 6) is -0.253. The molecule has 0 heterocycles. The molecule has 2 rings (SSSR count). The number of hydrogen-bond acceptors (Lipinski definition) is 1. The molecule has 1 unspecified atom stereocenters. The molecule has 0 aromatic heterocycles. The van der Waals surface area contributed by atoms with Gasteiger partial charge in [-0.15, -0.1) is 0 Å². The molecule has 0 aliphatic rings. The van der Waals surface area contributed by atoms with Crippen molar-refractivity contribution in [1.82, 2.24) is 0 Å². The predicted octanol–water partition coefficient (Wildman–Crippen LogP) is 4.38. The lowest BCUT2D eigenvalue weighted by Crippen LogP contribution is -2.13. The lowest BCUT2D eigenvalue weighted by atomic mass is 10.00. The zero-order chi connectivity index (χ0) is 13.1. The van der Waals surface area contributed by atoms with Crippen molar-refractivity contribution in [3.63, 3.8) is 0 Å². The summed E-state index contributed by atoms with van der Waals surface area (Å²) < 4.78 is 12.8. The summed E-state index contributed by atoms with van der Waals surface area (Å²) in [6.45, 7) is 0. The molecule has 0 aliphatic carbocycles. The molecule has 0 fully saturated rings. The maximum atomic E-state index is 12.8. The highest BCUT2D eigenvalue weighted by Crippen LogP contribution is 2.27. The van der Waals surface area contributed by atoms with Crippen LogP contribution in [0.15, 0.2) is 42.5 Å². The zero-order valence-corrected chi connectivity index (χ0v) is 11.0. The topological polar surface area (TPSA) is 26.0 Å². The number of nitrogens with two attached hydrogens (primary N) is 1. The molecule has 1 atom stereocenters. The summed E-state index contributed by atoms with van der Waals surface area (Å²) >= 11 is 11.9. The van der Waals surface area contributed by atoms with Crippen molar-refractivity contribution >= 4 is 23.2 Å². The van der Waals surface area contributed by atoms with Crippen LogP contribution in [-0.2, 0) is 6.42 Å². The highest BCUT2D eigenvalue weighted by molar-refractivity contribution is 6.35. The van der Waals surface area contributed by atoms with Crippen LogP contribution >= 0.6 is 23.2 Å². The fourth-order valence-electron chi connectivity index (χ4n) is 1.79. The van der Waals surface area contributed by atoms with E-state index in [0.29, 0.717) is 16.5 Å². The minimum Gasteiger partial charge on any atom is -0.324 e. The fraction of sp³-hybridized carbons (Fsp3) is 0.143. The van der Waals surface area contributed by atoms with E-state index in [1.807, 2.05) is 6.07 Å². The van der Waals surface area contributed by atoms with Crippen LogP contribution in [0.25, 0.3) is 0 Å². The molecule has 94 valence electrons. The smallest absolute Gasteiger partial charge is 0.123 e. The quantitative estimate of drug-likeness (QED) is 0.889. The average Bonchev–Trinajstić information content (AvgIpc) is 2.32. The molecule has 0 spiro atoms. The van der Waals surface area contributed by atoms with Gasteiger partial charge in [-0.2, -0.15) is 0 Å². The maximum Gasteiger partial charge on any atom is 0.123 e. The minimum atomic E-state index is -0.253. The van der Waals surface area contributed by atoms with Gasteiger partial charge in [-0.1, -0.05) is 41.4 Å². The lowest BCUT2D eigenvalue weighted by Gasteiger charge is -2.14. The first kappa shape index (κ1) is 13.3.